The Morgan fingerprint density at radius 2 is 1.94 bits per heavy atom. The molecule has 1 fully saturated rings. The number of halogens is 1. The van der Waals surface area contributed by atoms with Crippen LogP contribution in [0, 0.1) is 6.92 Å². The second kappa shape index (κ2) is 13.6. The van der Waals surface area contributed by atoms with Crippen molar-refractivity contribution in [2.75, 3.05) is 53.0 Å². The van der Waals surface area contributed by atoms with Crippen LogP contribution < -0.4 is 15.4 Å². The Bertz CT molecular complexity index is 806. The van der Waals surface area contributed by atoms with Gasteiger partial charge in [0.15, 0.2) is 5.96 Å². The molecule has 0 bridgehead atoms. The fourth-order valence-corrected chi connectivity index (χ4v) is 3.65. The third kappa shape index (κ3) is 7.69. The molecule has 172 valence electrons. The van der Waals surface area contributed by atoms with Gasteiger partial charge in [0, 0.05) is 26.2 Å². The maximum atomic E-state index is 5.95. The summed E-state index contributed by atoms with van der Waals surface area (Å²) in [4.78, 5) is 7.26. The second-order valence-corrected chi connectivity index (χ2v) is 7.32. The van der Waals surface area contributed by atoms with Gasteiger partial charge in [-0.2, -0.15) is 0 Å². The van der Waals surface area contributed by atoms with E-state index in [1.54, 1.807) is 7.11 Å². The van der Waals surface area contributed by atoms with E-state index in [4.69, 9.17) is 18.9 Å². The number of methoxy groups -OCH3 is 1. The number of morpholine rings is 1. The fraction of sp³-hybridized carbons (Fsp3) is 0.522. The van der Waals surface area contributed by atoms with E-state index in [1.165, 1.54) is 5.56 Å². The Kier molecular flexibility index (Phi) is 11.2. The number of furan rings is 1. The van der Waals surface area contributed by atoms with Crippen LogP contribution in [-0.4, -0.2) is 63.9 Å². The molecule has 1 atom stereocenters. The lowest BCUT2D eigenvalue weighted by Crippen LogP contribution is -2.42. The smallest absolute Gasteiger partial charge is 0.191 e. The average molecular weight is 542 g/mol. The van der Waals surface area contributed by atoms with Gasteiger partial charge in [-0.25, -0.2) is 0 Å². The van der Waals surface area contributed by atoms with Gasteiger partial charge in [-0.3, -0.25) is 9.89 Å². The molecule has 0 amide bonds. The van der Waals surface area contributed by atoms with Gasteiger partial charge in [-0.1, -0.05) is 18.2 Å². The number of ether oxygens (including phenoxy) is 2. The molecule has 0 saturated carbocycles. The number of hydrogen-bond acceptors (Lipinski definition) is 5. The van der Waals surface area contributed by atoms with Crippen molar-refractivity contribution in [1.29, 1.82) is 0 Å². The van der Waals surface area contributed by atoms with E-state index in [-0.39, 0.29) is 30.0 Å². The predicted molar refractivity (Wildman–Crippen MR) is 135 cm³/mol. The molecule has 7 nitrogen and oxygen atoms in total. The monoisotopic (exact) mass is 542 g/mol. The summed E-state index contributed by atoms with van der Waals surface area (Å²) in [6.07, 6.45) is 0.860. The van der Waals surface area contributed by atoms with Crippen molar-refractivity contribution in [2.24, 2.45) is 4.99 Å². The van der Waals surface area contributed by atoms with Crippen LogP contribution in [-0.2, 0) is 11.2 Å². The van der Waals surface area contributed by atoms with Gasteiger partial charge < -0.3 is 24.5 Å². The summed E-state index contributed by atoms with van der Waals surface area (Å²) in [5.41, 5.74) is 1.18. The van der Waals surface area contributed by atoms with E-state index < -0.39 is 0 Å². The van der Waals surface area contributed by atoms with Crippen molar-refractivity contribution in [3.05, 3.63) is 53.5 Å². The quantitative estimate of drug-likeness (QED) is 0.288. The van der Waals surface area contributed by atoms with E-state index in [2.05, 4.69) is 34.6 Å². The van der Waals surface area contributed by atoms with Gasteiger partial charge in [-0.15, -0.1) is 24.0 Å². The second-order valence-electron chi connectivity index (χ2n) is 7.32. The molecule has 0 aliphatic carbocycles. The summed E-state index contributed by atoms with van der Waals surface area (Å²) < 4.78 is 16.9. The normalized spacial score (nSPS) is 15.8. The zero-order chi connectivity index (χ0) is 21.2. The van der Waals surface area contributed by atoms with Crippen LogP contribution in [0.5, 0.6) is 5.75 Å². The van der Waals surface area contributed by atoms with Crippen LogP contribution in [0.3, 0.4) is 0 Å². The lowest BCUT2D eigenvalue weighted by atomic mass is 10.1. The number of nitrogens with zero attached hydrogens (tertiary/aromatic N) is 2. The molecule has 1 aliphatic heterocycles. The summed E-state index contributed by atoms with van der Waals surface area (Å²) >= 11 is 0. The molecule has 2 aromatic rings. The van der Waals surface area contributed by atoms with E-state index in [0.29, 0.717) is 6.54 Å². The zero-order valence-electron chi connectivity index (χ0n) is 18.7. The molecule has 8 heteroatoms. The van der Waals surface area contributed by atoms with E-state index in [0.717, 1.165) is 69.0 Å². The molecule has 1 aromatic heterocycles. The third-order valence-corrected chi connectivity index (χ3v) is 5.22. The van der Waals surface area contributed by atoms with Gasteiger partial charge >= 0.3 is 0 Å². The van der Waals surface area contributed by atoms with Crippen LogP contribution in [0.4, 0.5) is 0 Å². The molecule has 1 aliphatic rings. The standard InChI is InChI=1S/C23H34N4O3.HI/c1-4-24-23(25-12-11-19-7-5-6-8-21(19)28-3)26-17-20(22-10-9-18(2)30-22)27-13-15-29-16-14-27;/h5-10,20H,4,11-17H2,1-3H3,(H2,24,25,26);1H. The maximum Gasteiger partial charge on any atom is 0.191 e. The SMILES string of the molecule is CCNC(=NCC(c1ccc(C)o1)N1CCOCC1)NCCc1ccccc1OC.I. The molecule has 0 spiro atoms. The van der Waals surface area contributed by atoms with Gasteiger partial charge in [-0.05, 0) is 44.0 Å². The van der Waals surface area contributed by atoms with Crippen LogP contribution in [0.15, 0.2) is 45.8 Å². The largest absolute Gasteiger partial charge is 0.496 e. The molecule has 1 aromatic carbocycles. The molecule has 0 radical (unpaired) electrons. The van der Waals surface area contributed by atoms with Crippen molar-refractivity contribution >= 4 is 29.9 Å². The minimum Gasteiger partial charge on any atom is -0.496 e. The highest BCUT2D eigenvalue weighted by Gasteiger charge is 2.25. The van der Waals surface area contributed by atoms with Gasteiger partial charge in [0.25, 0.3) is 0 Å². The lowest BCUT2D eigenvalue weighted by molar-refractivity contribution is 0.0135. The van der Waals surface area contributed by atoms with Crippen molar-refractivity contribution in [2.45, 2.75) is 26.3 Å². The minimum atomic E-state index is 0. The molecular formula is C23H35IN4O3. The molecule has 1 saturated heterocycles. The lowest BCUT2D eigenvalue weighted by Gasteiger charge is -2.32. The number of aryl methyl sites for hydroxylation is 1. The molecule has 3 rings (SSSR count). The molecule has 2 heterocycles. The van der Waals surface area contributed by atoms with Crippen molar-refractivity contribution in [3.63, 3.8) is 0 Å². The van der Waals surface area contributed by atoms with Crippen LogP contribution in [0.1, 0.15) is 30.0 Å². The van der Waals surface area contributed by atoms with E-state index in [1.807, 2.05) is 31.2 Å². The number of nitrogens with one attached hydrogen (secondary N) is 2. The average Bonchev–Trinajstić information content (AvgIpc) is 3.21. The van der Waals surface area contributed by atoms with Gasteiger partial charge in [0.2, 0.25) is 0 Å². The highest BCUT2D eigenvalue weighted by molar-refractivity contribution is 14.0. The van der Waals surface area contributed by atoms with Crippen LogP contribution in [0.25, 0.3) is 0 Å². The molecule has 1 unspecified atom stereocenters. The predicted octanol–water partition coefficient (Wildman–Crippen LogP) is 3.39. The van der Waals surface area contributed by atoms with Gasteiger partial charge in [0.1, 0.15) is 17.3 Å². The molecule has 31 heavy (non-hydrogen) atoms. The Balaban J connectivity index is 0.00000341. The summed E-state index contributed by atoms with van der Waals surface area (Å²) in [5.74, 6) is 3.62. The van der Waals surface area contributed by atoms with E-state index >= 15 is 0 Å². The third-order valence-electron chi connectivity index (χ3n) is 5.22. The fourth-order valence-electron chi connectivity index (χ4n) is 3.65. The van der Waals surface area contributed by atoms with Crippen LogP contribution >= 0.6 is 24.0 Å². The first-order chi connectivity index (χ1) is 14.7. The maximum absolute atomic E-state index is 5.95. The summed E-state index contributed by atoms with van der Waals surface area (Å²) in [5, 5.41) is 6.79. The first-order valence-electron chi connectivity index (χ1n) is 10.7. The number of para-hydroxylation sites is 1. The Morgan fingerprint density at radius 1 is 1.16 bits per heavy atom. The van der Waals surface area contributed by atoms with Crippen molar-refractivity contribution < 1.29 is 13.9 Å². The van der Waals surface area contributed by atoms with Gasteiger partial charge in [0.05, 0.1) is 32.9 Å². The van der Waals surface area contributed by atoms with Crippen molar-refractivity contribution in [1.82, 2.24) is 15.5 Å². The summed E-state index contributed by atoms with van der Waals surface area (Å²) in [6.45, 7) is 9.52. The number of benzene rings is 1. The number of guanidine groups is 1. The first kappa shape index (κ1) is 25.5. The Hall–Kier alpha value is -1.78. The van der Waals surface area contributed by atoms with Crippen LogP contribution in [0.2, 0.25) is 0 Å². The molecular weight excluding hydrogens is 507 g/mol. The summed E-state index contributed by atoms with van der Waals surface area (Å²) in [6, 6.07) is 12.3. The summed E-state index contributed by atoms with van der Waals surface area (Å²) in [7, 11) is 1.71. The molecule has 2 N–H and O–H groups in total. The number of rotatable bonds is 9. The highest BCUT2D eigenvalue weighted by atomic mass is 127. The number of aliphatic imine (C=N–C) groups is 1. The number of hydrogen-bond donors (Lipinski definition) is 2. The Labute approximate surface area is 202 Å². The highest BCUT2D eigenvalue weighted by Crippen LogP contribution is 2.24. The van der Waals surface area contributed by atoms with Crippen molar-refractivity contribution in [3.8, 4) is 5.75 Å². The Morgan fingerprint density at radius 3 is 2.61 bits per heavy atom. The minimum absolute atomic E-state index is 0. The van der Waals surface area contributed by atoms with E-state index in [9.17, 15) is 0 Å². The first-order valence-corrected chi connectivity index (χ1v) is 10.7. The topological polar surface area (TPSA) is 71.3 Å². The zero-order valence-corrected chi connectivity index (χ0v) is 21.1.